The van der Waals surface area contributed by atoms with Gasteiger partial charge in [-0.3, -0.25) is 29.0 Å². The summed E-state index contributed by atoms with van der Waals surface area (Å²) in [5.74, 6) is -2.23. The van der Waals surface area contributed by atoms with Crippen LogP contribution in [0.2, 0.25) is 0 Å². The molecule has 12 nitrogen and oxygen atoms in total. The van der Waals surface area contributed by atoms with Gasteiger partial charge >= 0.3 is 23.9 Å². The number of ether oxygens (including phenoxy) is 4. The monoisotopic (exact) mass is 938 g/mol. The number of carbonyl (C=O) groups is 6. The summed E-state index contributed by atoms with van der Waals surface area (Å²) in [6.45, 7) is 0. The molecule has 12 heteroatoms. The molecule has 0 radical (unpaired) electrons. The number of para-hydroxylation sites is 2. The van der Waals surface area contributed by atoms with E-state index in [9.17, 15) is 28.8 Å². The summed E-state index contributed by atoms with van der Waals surface area (Å²) in [5, 5.41) is 0. The highest BCUT2D eigenvalue weighted by molar-refractivity contribution is 6.13. The molecule has 3 aliphatic carbocycles. The molecule has 0 aromatic heterocycles. The van der Waals surface area contributed by atoms with Crippen LogP contribution in [0.15, 0.2) is 133 Å². The van der Waals surface area contributed by atoms with Gasteiger partial charge in [-0.25, -0.2) is 9.59 Å². The van der Waals surface area contributed by atoms with E-state index in [0.29, 0.717) is 108 Å². The van der Waals surface area contributed by atoms with Crippen LogP contribution >= 0.6 is 0 Å². The Morgan fingerprint density at radius 1 is 0.386 bits per heavy atom. The van der Waals surface area contributed by atoms with Crippen LogP contribution < -0.4 is 19.3 Å². The number of amides is 2. The van der Waals surface area contributed by atoms with Crippen LogP contribution in [0, 0.1) is 11.8 Å². The molecule has 6 aromatic rings. The maximum Gasteiger partial charge on any atom is 0.338 e. The van der Waals surface area contributed by atoms with E-state index in [-0.39, 0.29) is 23.8 Å². The second-order valence-corrected chi connectivity index (χ2v) is 18.0. The van der Waals surface area contributed by atoms with Crippen molar-refractivity contribution in [3.8, 4) is 11.5 Å². The number of benzene rings is 6. The lowest BCUT2D eigenvalue weighted by Crippen LogP contribution is -2.30. The number of esters is 4. The number of methoxy groups -OCH3 is 2. The Morgan fingerprint density at radius 3 is 1.01 bits per heavy atom. The van der Waals surface area contributed by atoms with E-state index in [1.54, 1.807) is 82.6 Å². The van der Waals surface area contributed by atoms with Gasteiger partial charge < -0.3 is 18.9 Å². The van der Waals surface area contributed by atoms with Crippen LogP contribution in [-0.2, 0) is 44.7 Å². The number of hydrogen-bond donors (Lipinski definition) is 0. The zero-order chi connectivity index (χ0) is 48.7. The lowest BCUT2D eigenvalue weighted by molar-refractivity contribution is -0.145. The molecule has 3 aliphatic rings. The average Bonchev–Trinajstić information content (AvgIpc) is 3.41. The normalized spacial score (nSPS) is 16.1. The molecule has 0 aliphatic heterocycles. The van der Waals surface area contributed by atoms with Gasteiger partial charge in [-0.1, -0.05) is 36.4 Å². The van der Waals surface area contributed by atoms with Gasteiger partial charge in [0, 0.05) is 33.9 Å². The Bertz CT molecular complexity index is 2720. The zero-order valence-corrected chi connectivity index (χ0v) is 39.3. The second-order valence-electron chi connectivity index (χ2n) is 18.0. The lowest BCUT2D eigenvalue weighted by Gasteiger charge is -2.27. The van der Waals surface area contributed by atoms with Gasteiger partial charge in [-0.15, -0.1) is 0 Å². The smallest absolute Gasteiger partial charge is 0.338 e. The topological polar surface area (TPSA) is 146 Å². The molecule has 0 spiro atoms. The molecule has 0 heterocycles. The molecular formula is C58H54N2O10. The average molecular weight is 939 g/mol. The molecule has 1 saturated carbocycles. The largest absolute Gasteiger partial charge is 0.465 e. The second kappa shape index (κ2) is 21.2. The number of nitrogens with zero attached hydrogens (tertiary/aromatic N) is 2. The Kier molecular flexibility index (Phi) is 14.3. The summed E-state index contributed by atoms with van der Waals surface area (Å²) >= 11 is 0. The third-order valence-corrected chi connectivity index (χ3v) is 13.8. The summed E-state index contributed by atoms with van der Waals surface area (Å²) in [7, 11) is 2.72. The van der Waals surface area contributed by atoms with Crippen molar-refractivity contribution < 1.29 is 47.7 Å². The van der Waals surface area contributed by atoms with Crippen LogP contribution in [0.25, 0.3) is 0 Å². The summed E-state index contributed by atoms with van der Waals surface area (Å²) in [4.78, 5) is 84.4. The van der Waals surface area contributed by atoms with Crippen LogP contribution in [0.3, 0.4) is 0 Å². The highest BCUT2D eigenvalue weighted by Gasteiger charge is 2.34. The quantitative estimate of drug-likeness (QED) is 0.0858. The van der Waals surface area contributed by atoms with Crippen molar-refractivity contribution in [2.24, 2.45) is 11.8 Å². The van der Waals surface area contributed by atoms with Crippen LogP contribution in [-0.4, -0.2) is 49.9 Å². The van der Waals surface area contributed by atoms with Crippen molar-refractivity contribution in [1.29, 1.82) is 0 Å². The van der Waals surface area contributed by atoms with E-state index in [4.69, 9.17) is 18.9 Å². The number of anilines is 4. The number of rotatable bonds is 12. The third-order valence-electron chi connectivity index (χ3n) is 13.8. The number of fused-ring (bicyclic) bond motifs is 2. The SMILES string of the molecule is COC(=O)c1ccc(C(=O)N(c2ccccc2)c2ccc(OC(=O)C3CCC(C(=O)Oc4ccc(N(C(=O)c5ccc(C(=O)OC)c6c5CCCC6)c5ccccc5)cc4)CC3)cc2)c2c1CCCC2. The van der Waals surface area contributed by atoms with Crippen molar-refractivity contribution in [3.63, 3.8) is 0 Å². The van der Waals surface area contributed by atoms with Gasteiger partial charge in [0.15, 0.2) is 0 Å². The molecule has 0 unspecified atom stereocenters. The Morgan fingerprint density at radius 2 is 0.686 bits per heavy atom. The maximum atomic E-state index is 14.5. The van der Waals surface area contributed by atoms with Crippen LogP contribution in [0.1, 0.15) is 115 Å². The summed E-state index contributed by atoms with van der Waals surface area (Å²) in [5.41, 5.74) is 7.96. The van der Waals surface area contributed by atoms with Gasteiger partial charge in [0.05, 0.1) is 37.2 Å². The van der Waals surface area contributed by atoms with E-state index in [1.807, 2.05) is 60.7 Å². The van der Waals surface area contributed by atoms with Crippen molar-refractivity contribution in [2.45, 2.75) is 77.0 Å². The van der Waals surface area contributed by atoms with E-state index >= 15 is 0 Å². The molecule has 0 atom stereocenters. The highest BCUT2D eigenvalue weighted by Crippen LogP contribution is 2.37. The molecule has 0 saturated heterocycles. The predicted molar refractivity (Wildman–Crippen MR) is 264 cm³/mol. The van der Waals surface area contributed by atoms with Crippen molar-refractivity contribution >= 4 is 58.4 Å². The minimum Gasteiger partial charge on any atom is -0.465 e. The van der Waals surface area contributed by atoms with Crippen molar-refractivity contribution in [3.05, 3.63) is 178 Å². The number of carbonyl (C=O) groups excluding carboxylic acids is 6. The molecule has 70 heavy (non-hydrogen) atoms. The highest BCUT2D eigenvalue weighted by atomic mass is 16.5. The van der Waals surface area contributed by atoms with Crippen LogP contribution in [0.5, 0.6) is 11.5 Å². The van der Waals surface area contributed by atoms with Gasteiger partial charge in [0.2, 0.25) is 0 Å². The van der Waals surface area contributed by atoms with E-state index in [2.05, 4.69) is 0 Å². The van der Waals surface area contributed by atoms with Gasteiger partial charge in [0.25, 0.3) is 11.8 Å². The fourth-order valence-corrected chi connectivity index (χ4v) is 10.2. The molecule has 1 fully saturated rings. The molecule has 0 bridgehead atoms. The fourth-order valence-electron chi connectivity index (χ4n) is 10.2. The molecule has 0 N–H and O–H groups in total. The minimum absolute atomic E-state index is 0.237. The molecular weight excluding hydrogens is 885 g/mol. The Hall–Kier alpha value is -7.86. The molecule has 356 valence electrons. The standard InChI is InChI=1S/C58H54N2O10/c1-67-57(65)51-35-33-49(45-17-9-11-19-47(45)51)53(61)59(39-13-5-3-6-14-39)41-25-29-43(30-26-41)69-55(63)37-21-23-38(24-22-37)56(64)70-44-31-27-42(28-32-44)60(40-15-7-4-8-16-40)54(62)50-34-36-52(58(66)68-2)48-20-12-10-18-46(48)50/h3-8,13-16,25-38H,9-12,17-24H2,1-2H3. The third kappa shape index (κ3) is 9.85. The molecule has 2 amide bonds. The molecule has 9 rings (SSSR count). The first kappa shape index (κ1) is 47.2. The summed E-state index contributed by atoms with van der Waals surface area (Å²) in [6.07, 6.45) is 8.18. The van der Waals surface area contributed by atoms with E-state index < -0.39 is 23.8 Å². The van der Waals surface area contributed by atoms with Crippen molar-refractivity contribution in [1.82, 2.24) is 0 Å². The van der Waals surface area contributed by atoms with E-state index in [0.717, 1.165) is 47.9 Å². The zero-order valence-electron chi connectivity index (χ0n) is 39.3. The van der Waals surface area contributed by atoms with Gasteiger partial charge in [-0.05, 0) is 196 Å². The Labute approximate surface area is 407 Å². The van der Waals surface area contributed by atoms with Crippen molar-refractivity contribution in [2.75, 3.05) is 24.0 Å². The summed E-state index contributed by atoms with van der Waals surface area (Å²) in [6, 6.07) is 39.1. The Balaban J connectivity index is 0.832. The lowest BCUT2D eigenvalue weighted by atomic mass is 9.82. The van der Waals surface area contributed by atoms with Gasteiger partial charge in [0.1, 0.15) is 11.5 Å². The minimum atomic E-state index is -0.415. The predicted octanol–water partition coefficient (Wildman–Crippen LogP) is 11.3. The number of hydrogen-bond acceptors (Lipinski definition) is 10. The first-order valence-corrected chi connectivity index (χ1v) is 24.0. The first-order valence-electron chi connectivity index (χ1n) is 24.0. The van der Waals surface area contributed by atoms with Gasteiger partial charge in [-0.2, -0.15) is 0 Å². The first-order chi connectivity index (χ1) is 34.1. The molecule has 6 aromatic carbocycles. The fraction of sp³-hybridized carbons (Fsp3) is 0.276. The maximum absolute atomic E-state index is 14.5. The van der Waals surface area contributed by atoms with E-state index in [1.165, 1.54) is 14.2 Å². The summed E-state index contributed by atoms with van der Waals surface area (Å²) < 4.78 is 21.8. The van der Waals surface area contributed by atoms with Crippen LogP contribution in [0.4, 0.5) is 22.7 Å².